The Labute approximate surface area is 169 Å². The molecular weight excluding hydrogens is 449 g/mol. The Morgan fingerprint density at radius 1 is 1.17 bits per heavy atom. The molecule has 2 atom stereocenters. The van der Waals surface area contributed by atoms with E-state index in [4.69, 9.17) is 24.7 Å². The third-order valence-electron chi connectivity index (χ3n) is 3.48. The summed E-state index contributed by atoms with van der Waals surface area (Å²) in [5.41, 5.74) is 1.39. The van der Waals surface area contributed by atoms with Gasteiger partial charge in [0.15, 0.2) is 0 Å². The topological polar surface area (TPSA) is 174 Å². The molecule has 2 aromatic carbocycles. The van der Waals surface area contributed by atoms with Gasteiger partial charge in [0, 0.05) is 6.42 Å². The van der Waals surface area contributed by atoms with Crippen molar-refractivity contribution >= 4 is 36.1 Å². The Kier molecular flexibility index (Phi) is 9.76. The van der Waals surface area contributed by atoms with E-state index in [2.05, 4.69) is 9.19 Å². The maximum Gasteiger partial charge on any atom is 0.335 e. The van der Waals surface area contributed by atoms with Crippen LogP contribution in [0.1, 0.15) is 22.8 Å². The van der Waals surface area contributed by atoms with Gasteiger partial charge in [-0.3, -0.25) is 0 Å². The largest absolute Gasteiger partial charge is 0.478 e. The summed E-state index contributed by atoms with van der Waals surface area (Å²) in [5, 5.41) is 37.1. The second-order valence-electron chi connectivity index (χ2n) is 5.88. The van der Waals surface area contributed by atoms with Crippen molar-refractivity contribution in [1.29, 1.82) is 0 Å². The van der Waals surface area contributed by atoms with Crippen molar-refractivity contribution in [3.05, 3.63) is 59.7 Å². The number of hydrogen-bond acceptors (Lipinski definition) is 7. The summed E-state index contributed by atoms with van der Waals surface area (Å²) >= 11 is -4.76. The molecule has 0 aromatic heterocycles. The van der Waals surface area contributed by atoms with Crippen LogP contribution in [0.2, 0.25) is 0 Å². The standard InChI is InChI=1S/C10H12O4.C8H10AsNO5/c11-6-9(12)5-7-2-1-3-8(4-7)10(13)14;1-6(11)10-8-4-2-7(3-5-8)9(12,13)15-14/h1-4,9,11-12H,5-6H2,(H,13,14);2-5,14H,1H3,(H,10,11)(H,12,13). The van der Waals surface area contributed by atoms with Gasteiger partial charge in [0.2, 0.25) is 0 Å². The van der Waals surface area contributed by atoms with E-state index in [1.54, 1.807) is 12.1 Å². The predicted molar refractivity (Wildman–Crippen MR) is 103 cm³/mol. The molecule has 0 aliphatic rings. The van der Waals surface area contributed by atoms with Gasteiger partial charge in [0.1, 0.15) is 0 Å². The molecule has 11 heteroatoms. The average molecular weight is 471 g/mol. The van der Waals surface area contributed by atoms with Crippen LogP contribution >= 0.6 is 0 Å². The number of aliphatic hydroxyl groups is 2. The van der Waals surface area contributed by atoms with E-state index in [0.717, 1.165) is 0 Å². The van der Waals surface area contributed by atoms with Gasteiger partial charge in [-0.1, -0.05) is 12.1 Å². The Hall–Kier alpha value is -2.46. The van der Waals surface area contributed by atoms with E-state index in [1.807, 2.05) is 0 Å². The minimum absolute atomic E-state index is 0.00438. The normalized spacial score (nSPS) is 13.4. The minimum atomic E-state index is -4.76. The van der Waals surface area contributed by atoms with Gasteiger partial charge in [0.25, 0.3) is 0 Å². The first kappa shape index (κ1) is 24.6. The molecule has 6 N–H and O–H groups in total. The number of hydrogen-bond donors (Lipinski definition) is 6. The zero-order chi connectivity index (χ0) is 22.0. The number of aromatic carboxylic acids is 1. The molecule has 2 rings (SSSR count). The van der Waals surface area contributed by atoms with Crippen molar-refractivity contribution in [2.75, 3.05) is 11.9 Å². The number of amides is 1. The Morgan fingerprint density at radius 3 is 2.28 bits per heavy atom. The summed E-state index contributed by atoms with van der Waals surface area (Å²) in [7, 11) is 0. The van der Waals surface area contributed by atoms with Crippen molar-refractivity contribution in [3.8, 4) is 0 Å². The molecule has 0 spiro atoms. The first-order valence-electron chi connectivity index (χ1n) is 8.24. The number of carboxylic acids is 1. The number of carbonyl (C=O) groups is 2. The number of benzene rings is 2. The monoisotopic (exact) mass is 471 g/mol. The van der Waals surface area contributed by atoms with E-state index in [9.17, 15) is 13.3 Å². The Balaban J connectivity index is 0.000000291. The van der Waals surface area contributed by atoms with Crippen LogP contribution in [0.3, 0.4) is 0 Å². The second kappa shape index (κ2) is 11.5. The van der Waals surface area contributed by atoms with Gasteiger partial charge in [-0.05, 0) is 17.7 Å². The molecule has 0 saturated heterocycles. The zero-order valence-electron chi connectivity index (χ0n) is 15.4. The van der Waals surface area contributed by atoms with E-state index in [-0.39, 0.29) is 28.8 Å². The van der Waals surface area contributed by atoms with Gasteiger partial charge in [-0.2, -0.15) is 0 Å². The number of anilines is 1. The zero-order valence-corrected chi connectivity index (χ0v) is 17.3. The Morgan fingerprint density at radius 2 is 1.79 bits per heavy atom. The van der Waals surface area contributed by atoms with Gasteiger partial charge in [-0.15, -0.1) is 0 Å². The van der Waals surface area contributed by atoms with E-state index < -0.39 is 26.2 Å². The molecule has 2 unspecified atom stereocenters. The molecular formula is C18H22AsNO9. The van der Waals surface area contributed by atoms with E-state index in [0.29, 0.717) is 11.3 Å². The Bertz CT molecular complexity index is 870. The minimum Gasteiger partial charge on any atom is -0.478 e. The first-order chi connectivity index (χ1) is 13.6. The van der Waals surface area contributed by atoms with Crippen LogP contribution < -0.4 is 9.67 Å². The summed E-state index contributed by atoms with van der Waals surface area (Å²) in [4.78, 5) is 21.3. The SMILES string of the molecule is CC(=O)Nc1ccc([As](=O)(O)OO)cc1.O=C(O)c1cccc(CC(O)CO)c1. The van der Waals surface area contributed by atoms with E-state index in [1.165, 1.54) is 43.3 Å². The van der Waals surface area contributed by atoms with Crippen molar-refractivity contribution < 1.29 is 41.9 Å². The third-order valence-corrected chi connectivity index (χ3v) is 5.94. The third kappa shape index (κ3) is 8.61. The van der Waals surface area contributed by atoms with Crippen molar-refractivity contribution in [2.24, 2.45) is 0 Å². The summed E-state index contributed by atoms with van der Waals surface area (Å²) in [6, 6.07) is 11.8. The predicted octanol–water partition coefficient (Wildman–Crippen LogP) is -0.0162. The number of aliphatic hydroxyl groups excluding tert-OH is 2. The quantitative estimate of drug-likeness (QED) is 0.184. The second-order valence-corrected chi connectivity index (χ2v) is 9.49. The molecule has 10 nitrogen and oxygen atoms in total. The van der Waals surface area contributed by atoms with Gasteiger partial charge in [0.05, 0.1) is 18.3 Å². The summed E-state index contributed by atoms with van der Waals surface area (Å²) < 4.78 is 23.8. The molecule has 0 saturated carbocycles. The number of carbonyl (C=O) groups excluding carboxylic acids is 1. The van der Waals surface area contributed by atoms with Gasteiger partial charge in [-0.25, -0.2) is 4.79 Å². The van der Waals surface area contributed by atoms with Crippen LogP contribution in [-0.4, -0.2) is 63.4 Å². The molecule has 0 heterocycles. The van der Waals surface area contributed by atoms with Crippen LogP contribution in [0.25, 0.3) is 0 Å². The molecule has 0 radical (unpaired) electrons. The van der Waals surface area contributed by atoms with E-state index >= 15 is 0 Å². The van der Waals surface area contributed by atoms with Gasteiger partial charge < -0.3 is 15.3 Å². The van der Waals surface area contributed by atoms with Crippen molar-refractivity contribution in [3.63, 3.8) is 0 Å². The van der Waals surface area contributed by atoms with Gasteiger partial charge >= 0.3 is 94.4 Å². The first-order valence-corrected chi connectivity index (χ1v) is 11.6. The summed E-state index contributed by atoms with van der Waals surface area (Å²) in [6.45, 7) is 1.03. The van der Waals surface area contributed by atoms with Crippen LogP contribution in [0.4, 0.5) is 5.69 Å². The maximum atomic E-state index is 11.2. The average Bonchev–Trinajstić information content (AvgIpc) is 2.68. The molecule has 0 aliphatic heterocycles. The number of rotatable bonds is 7. The van der Waals surface area contributed by atoms with Crippen molar-refractivity contribution in [1.82, 2.24) is 0 Å². The van der Waals surface area contributed by atoms with Crippen molar-refractivity contribution in [2.45, 2.75) is 19.4 Å². The van der Waals surface area contributed by atoms with Crippen LogP contribution in [0.15, 0.2) is 48.5 Å². The smallest absolute Gasteiger partial charge is 0.335 e. The molecule has 1 amide bonds. The molecule has 2 aromatic rings. The van der Waals surface area contributed by atoms with Crippen LogP contribution in [0.5, 0.6) is 0 Å². The fraction of sp³-hybridized carbons (Fsp3) is 0.222. The fourth-order valence-electron chi connectivity index (χ4n) is 2.15. The van der Waals surface area contributed by atoms with Crippen LogP contribution in [-0.2, 0) is 18.8 Å². The maximum absolute atomic E-state index is 11.2. The molecule has 0 fully saturated rings. The molecule has 0 bridgehead atoms. The van der Waals surface area contributed by atoms with Crippen LogP contribution in [0, 0.1) is 0 Å². The molecule has 0 aliphatic carbocycles. The fourth-order valence-corrected chi connectivity index (χ4v) is 3.45. The summed E-state index contributed by atoms with van der Waals surface area (Å²) in [6.07, 6.45) is -0.573. The number of carboxylic acid groups (broad SMARTS) is 1. The number of nitrogens with one attached hydrogen (secondary N) is 1. The molecule has 29 heavy (non-hydrogen) atoms. The molecule has 158 valence electrons. The summed E-state index contributed by atoms with van der Waals surface area (Å²) in [5.74, 6) is -1.23.